The quantitative estimate of drug-likeness (QED) is 0.492. The van der Waals surface area contributed by atoms with Gasteiger partial charge in [-0.15, -0.1) is 0 Å². The van der Waals surface area contributed by atoms with Gasteiger partial charge < -0.3 is 15.0 Å². The number of fused-ring (bicyclic) bond motifs is 1. The SMILES string of the molecule is CC(C)(C)OC(=O)NS(=O)(=O)NC(=O)C1CCC(c2ccc(NC(=O)N3Cc4cccc(F)c4C3)cc2)CC1. The predicted octanol–water partition coefficient (Wildman–Crippen LogP) is 4.53. The number of nitrogens with one attached hydrogen (secondary N) is 3. The first kappa shape index (κ1) is 28.3. The van der Waals surface area contributed by atoms with Gasteiger partial charge in [-0.1, -0.05) is 24.3 Å². The Balaban J connectivity index is 1.24. The normalized spacial score (nSPS) is 19.1. The maximum atomic E-state index is 14.0. The second-order valence-electron chi connectivity index (χ2n) is 10.9. The van der Waals surface area contributed by atoms with Crippen LogP contribution in [0.3, 0.4) is 0 Å². The zero-order chi connectivity index (χ0) is 28.4. The van der Waals surface area contributed by atoms with Gasteiger partial charge in [-0.2, -0.15) is 8.42 Å². The molecule has 3 N–H and O–H groups in total. The molecule has 0 atom stereocenters. The summed E-state index contributed by atoms with van der Waals surface area (Å²) in [4.78, 5) is 38.5. The Hall–Kier alpha value is -3.67. The van der Waals surface area contributed by atoms with E-state index >= 15 is 0 Å². The molecule has 0 spiro atoms. The van der Waals surface area contributed by atoms with Crippen LogP contribution in [0.25, 0.3) is 0 Å². The fraction of sp³-hybridized carbons (Fsp3) is 0.444. The number of hydrogen-bond acceptors (Lipinski definition) is 6. The van der Waals surface area contributed by atoms with Gasteiger partial charge in [0.2, 0.25) is 5.91 Å². The van der Waals surface area contributed by atoms with Gasteiger partial charge in [0, 0.05) is 23.7 Å². The zero-order valence-corrected chi connectivity index (χ0v) is 22.9. The Labute approximate surface area is 227 Å². The lowest BCUT2D eigenvalue weighted by molar-refractivity contribution is -0.124. The molecule has 1 fully saturated rings. The van der Waals surface area contributed by atoms with Crippen LogP contribution in [0.15, 0.2) is 42.5 Å². The van der Waals surface area contributed by atoms with E-state index in [1.165, 1.54) is 6.07 Å². The third kappa shape index (κ3) is 7.47. The fourth-order valence-electron chi connectivity index (χ4n) is 4.90. The summed E-state index contributed by atoms with van der Waals surface area (Å²) >= 11 is 0. The van der Waals surface area contributed by atoms with Crippen molar-refractivity contribution in [2.24, 2.45) is 5.92 Å². The molecular weight excluding hydrogens is 527 g/mol. The maximum Gasteiger partial charge on any atom is 0.422 e. The highest BCUT2D eigenvalue weighted by molar-refractivity contribution is 7.88. The highest BCUT2D eigenvalue weighted by Crippen LogP contribution is 2.36. The molecule has 1 aliphatic heterocycles. The summed E-state index contributed by atoms with van der Waals surface area (Å²) in [6.45, 7) is 5.36. The lowest BCUT2D eigenvalue weighted by Crippen LogP contribution is -2.47. The number of urea groups is 1. The average molecular weight is 561 g/mol. The average Bonchev–Trinajstić information content (AvgIpc) is 3.29. The standard InChI is InChI=1S/C27H33FN4O6S/c1-27(2,3)38-26(35)31-39(36,37)30-24(33)19-9-7-17(8-10-19)18-11-13-21(14-12-18)29-25(34)32-15-20-5-4-6-23(28)22(20)16-32/h4-6,11-14,17,19H,7-10,15-16H2,1-3H3,(H,29,34)(H,30,33)(H,31,35). The largest absolute Gasteiger partial charge is 0.443 e. The third-order valence-electron chi connectivity index (χ3n) is 6.80. The Morgan fingerprint density at radius 1 is 0.949 bits per heavy atom. The second-order valence-corrected chi connectivity index (χ2v) is 12.3. The second kappa shape index (κ2) is 11.2. The van der Waals surface area contributed by atoms with Crippen LogP contribution in [0.4, 0.5) is 19.7 Å². The van der Waals surface area contributed by atoms with Crippen LogP contribution in [0.5, 0.6) is 0 Å². The fourth-order valence-corrected chi connectivity index (χ4v) is 5.65. The van der Waals surface area contributed by atoms with Crippen LogP contribution >= 0.6 is 0 Å². The van der Waals surface area contributed by atoms with E-state index in [0.29, 0.717) is 43.5 Å². The number of carbonyl (C=O) groups excluding carboxylic acids is 3. The van der Waals surface area contributed by atoms with Crippen LogP contribution < -0.4 is 14.8 Å². The molecule has 1 aliphatic carbocycles. The number of benzene rings is 2. The van der Waals surface area contributed by atoms with Crippen molar-refractivity contribution in [2.75, 3.05) is 5.32 Å². The molecule has 39 heavy (non-hydrogen) atoms. The van der Waals surface area contributed by atoms with Crippen LogP contribution in [0.1, 0.15) is 69.1 Å². The monoisotopic (exact) mass is 560 g/mol. The van der Waals surface area contributed by atoms with Gasteiger partial charge in [0.15, 0.2) is 0 Å². The van der Waals surface area contributed by atoms with Gasteiger partial charge in [0.25, 0.3) is 0 Å². The van der Waals surface area contributed by atoms with Gasteiger partial charge in [0.1, 0.15) is 11.4 Å². The van der Waals surface area contributed by atoms with Crippen molar-refractivity contribution in [1.29, 1.82) is 0 Å². The number of rotatable bonds is 5. The van der Waals surface area contributed by atoms with Gasteiger partial charge >= 0.3 is 22.3 Å². The molecule has 0 saturated heterocycles. The van der Waals surface area contributed by atoms with Crippen molar-refractivity contribution >= 4 is 33.9 Å². The molecule has 1 saturated carbocycles. The lowest BCUT2D eigenvalue weighted by Gasteiger charge is -2.28. The molecule has 12 heteroatoms. The molecule has 0 radical (unpaired) electrons. The number of nitrogens with zero attached hydrogens (tertiary/aromatic N) is 1. The van der Waals surface area contributed by atoms with E-state index in [9.17, 15) is 27.2 Å². The summed E-state index contributed by atoms with van der Waals surface area (Å²) in [7, 11) is -4.39. The van der Waals surface area contributed by atoms with Crippen molar-refractivity contribution in [3.63, 3.8) is 0 Å². The van der Waals surface area contributed by atoms with Crippen molar-refractivity contribution in [3.8, 4) is 0 Å². The molecule has 0 bridgehead atoms. The van der Waals surface area contributed by atoms with Crippen molar-refractivity contribution < 1.29 is 31.9 Å². The molecule has 0 aromatic heterocycles. The van der Waals surface area contributed by atoms with E-state index in [4.69, 9.17) is 4.74 Å². The smallest absolute Gasteiger partial charge is 0.422 e. The molecule has 2 aromatic rings. The van der Waals surface area contributed by atoms with E-state index < -0.39 is 33.7 Å². The first-order valence-electron chi connectivity index (χ1n) is 12.8. The first-order chi connectivity index (χ1) is 18.3. The number of amides is 4. The third-order valence-corrected chi connectivity index (χ3v) is 7.70. The summed E-state index contributed by atoms with van der Waals surface area (Å²) in [6, 6.07) is 12.0. The molecule has 2 aromatic carbocycles. The van der Waals surface area contributed by atoms with Gasteiger partial charge in [-0.05, 0) is 81.7 Å². The number of carbonyl (C=O) groups is 3. The molecule has 1 heterocycles. The highest BCUT2D eigenvalue weighted by Gasteiger charge is 2.31. The van der Waals surface area contributed by atoms with Gasteiger partial charge in [-0.3, -0.25) is 4.79 Å². The highest BCUT2D eigenvalue weighted by atomic mass is 32.2. The molecule has 2 aliphatic rings. The first-order valence-corrected chi connectivity index (χ1v) is 14.3. The van der Waals surface area contributed by atoms with Crippen molar-refractivity contribution in [2.45, 2.75) is 71.1 Å². The van der Waals surface area contributed by atoms with Gasteiger partial charge in [-0.25, -0.2) is 23.4 Å². The molecular formula is C27H33FN4O6S. The number of hydrogen-bond donors (Lipinski definition) is 3. The van der Waals surface area contributed by atoms with Crippen molar-refractivity contribution in [3.05, 3.63) is 65.0 Å². The van der Waals surface area contributed by atoms with Crippen LogP contribution in [-0.2, 0) is 32.8 Å². The Kier molecular flexibility index (Phi) is 8.15. The van der Waals surface area contributed by atoms with E-state index in [1.807, 2.05) is 35.1 Å². The minimum Gasteiger partial charge on any atom is -0.443 e. The molecule has 210 valence electrons. The molecule has 10 nitrogen and oxygen atoms in total. The molecule has 4 rings (SSSR count). The molecule has 0 unspecified atom stereocenters. The topological polar surface area (TPSA) is 134 Å². The molecule has 4 amide bonds. The van der Waals surface area contributed by atoms with Crippen molar-refractivity contribution in [1.82, 2.24) is 14.3 Å². The van der Waals surface area contributed by atoms with E-state index in [1.54, 1.807) is 36.5 Å². The number of ether oxygens (including phenoxy) is 1. The van der Waals surface area contributed by atoms with E-state index in [0.717, 1.165) is 11.1 Å². The van der Waals surface area contributed by atoms with Gasteiger partial charge in [0.05, 0.1) is 6.54 Å². The Morgan fingerprint density at radius 3 is 2.23 bits per heavy atom. The Morgan fingerprint density at radius 2 is 1.62 bits per heavy atom. The van der Waals surface area contributed by atoms with Crippen LogP contribution in [0, 0.1) is 11.7 Å². The Bertz CT molecular complexity index is 1350. The summed E-state index contributed by atoms with van der Waals surface area (Å²) < 4.78 is 46.8. The van der Waals surface area contributed by atoms with Crippen LogP contribution in [-0.4, -0.2) is 37.0 Å². The minimum absolute atomic E-state index is 0.186. The summed E-state index contributed by atoms with van der Waals surface area (Å²) in [5, 5.41) is 2.85. The maximum absolute atomic E-state index is 14.0. The van der Waals surface area contributed by atoms with E-state index in [-0.39, 0.29) is 24.3 Å². The summed E-state index contributed by atoms with van der Waals surface area (Å²) in [6.07, 6.45) is 1.18. The van der Waals surface area contributed by atoms with Crippen LogP contribution in [0.2, 0.25) is 0 Å². The van der Waals surface area contributed by atoms with E-state index in [2.05, 4.69) is 5.32 Å². The summed E-state index contributed by atoms with van der Waals surface area (Å²) in [5.41, 5.74) is 2.15. The zero-order valence-electron chi connectivity index (χ0n) is 22.1. The number of halogens is 1. The lowest BCUT2D eigenvalue weighted by atomic mass is 9.78. The number of anilines is 1. The summed E-state index contributed by atoms with van der Waals surface area (Å²) in [5.74, 6) is -1.28. The predicted molar refractivity (Wildman–Crippen MR) is 142 cm³/mol. The minimum atomic E-state index is -4.39.